The fraction of sp³-hybridized carbons (Fsp3) is 1.00. The van der Waals surface area contributed by atoms with Gasteiger partial charge in [0.1, 0.15) is 12.2 Å². The largest absolute Gasteiger partial charge is 0.394 e. The van der Waals surface area contributed by atoms with E-state index in [1.807, 2.05) is 0 Å². The zero-order chi connectivity index (χ0) is 20.0. The SMILES string of the molecule is CCCCCCCCOC[C@H](CO)OC[C@H](CO)OCCCCCCCC. The minimum atomic E-state index is -0.350. The van der Waals surface area contributed by atoms with Crippen LogP contribution in [0.1, 0.15) is 90.9 Å². The number of hydrogen-bond acceptors (Lipinski definition) is 5. The van der Waals surface area contributed by atoms with Gasteiger partial charge in [-0.2, -0.15) is 0 Å². The van der Waals surface area contributed by atoms with Crippen molar-refractivity contribution in [1.82, 2.24) is 0 Å². The minimum absolute atomic E-state index is 0.0629. The number of ether oxygens (including phenoxy) is 3. The minimum Gasteiger partial charge on any atom is -0.394 e. The topological polar surface area (TPSA) is 68.2 Å². The summed E-state index contributed by atoms with van der Waals surface area (Å²) in [5, 5.41) is 18.8. The van der Waals surface area contributed by atoms with Gasteiger partial charge in [0.15, 0.2) is 0 Å². The number of unbranched alkanes of at least 4 members (excludes halogenated alkanes) is 10. The Morgan fingerprint density at radius 2 is 1.04 bits per heavy atom. The molecule has 0 bridgehead atoms. The van der Waals surface area contributed by atoms with Crippen molar-refractivity contribution in [3.05, 3.63) is 0 Å². The summed E-state index contributed by atoms with van der Waals surface area (Å²) in [5.74, 6) is 0. The summed E-state index contributed by atoms with van der Waals surface area (Å²) in [7, 11) is 0. The van der Waals surface area contributed by atoms with Crippen molar-refractivity contribution in [2.75, 3.05) is 39.6 Å². The van der Waals surface area contributed by atoms with E-state index in [1.54, 1.807) is 0 Å². The Kier molecular flexibility index (Phi) is 21.9. The zero-order valence-electron chi connectivity index (χ0n) is 18.0. The molecule has 0 amide bonds. The van der Waals surface area contributed by atoms with Crippen molar-refractivity contribution in [1.29, 1.82) is 0 Å². The molecule has 0 aromatic heterocycles. The van der Waals surface area contributed by atoms with Crippen LogP contribution >= 0.6 is 0 Å². The summed E-state index contributed by atoms with van der Waals surface area (Å²) in [6.45, 7) is 6.34. The van der Waals surface area contributed by atoms with Gasteiger partial charge in [0.05, 0.1) is 26.4 Å². The Labute approximate surface area is 167 Å². The van der Waals surface area contributed by atoms with Crippen LogP contribution in [-0.2, 0) is 14.2 Å². The highest BCUT2D eigenvalue weighted by Gasteiger charge is 2.13. The quantitative estimate of drug-likeness (QED) is 0.267. The van der Waals surface area contributed by atoms with Crippen LogP contribution in [0.5, 0.6) is 0 Å². The first-order chi connectivity index (χ1) is 13.3. The number of aliphatic hydroxyl groups excluding tert-OH is 2. The molecule has 0 fully saturated rings. The molecule has 0 aromatic carbocycles. The van der Waals surface area contributed by atoms with E-state index in [9.17, 15) is 10.2 Å². The van der Waals surface area contributed by atoms with E-state index in [0.29, 0.717) is 19.8 Å². The van der Waals surface area contributed by atoms with Crippen LogP contribution in [0.25, 0.3) is 0 Å². The Balaban J connectivity index is 3.62. The van der Waals surface area contributed by atoms with Crippen LogP contribution in [-0.4, -0.2) is 62.1 Å². The van der Waals surface area contributed by atoms with Crippen molar-refractivity contribution < 1.29 is 24.4 Å². The van der Waals surface area contributed by atoms with Gasteiger partial charge < -0.3 is 24.4 Å². The van der Waals surface area contributed by atoms with Crippen molar-refractivity contribution in [2.24, 2.45) is 0 Å². The highest BCUT2D eigenvalue weighted by atomic mass is 16.6. The Hall–Kier alpha value is -0.200. The molecule has 5 heteroatoms. The number of aliphatic hydroxyl groups is 2. The molecule has 0 rings (SSSR count). The molecular weight excluding hydrogens is 344 g/mol. The third-order valence-electron chi connectivity index (χ3n) is 4.72. The van der Waals surface area contributed by atoms with Crippen LogP contribution in [0.3, 0.4) is 0 Å². The monoisotopic (exact) mass is 390 g/mol. The van der Waals surface area contributed by atoms with Crippen molar-refractivity contribution in [3.63, 3.8) is 0 Å². The molecule has 5 nitrogen and oxygen atoms in total. The summed E-state index contributed by atoms with van der Waals surface area (Å²) in [5.41, 5.74) is 0. The van der Waals surface area contributed by atoms with E-state index in [1.165, 1.54) is 64.2 Å². The fourth-order valence-corrected chi connectivity index (χ4v) is 2.88. The lowest BCUT2D eigenvalue weighted by molar-refractivity contribution is -0.0950. The summed E-state index contributed by atoms with van der Waals surface area (Å²) < 4.78 is 17.0. The molecule has 0 unspecified atom stereocenters. The molecule has 164 valence electrons. The summed E-state index contributed by atoms with van der Waals surface area (Å²) >= 11 is 0. The van der Waals surface area contributed by atoms with E-state index in [0.717, 1.165) is 12.8 Å². The lowest BCUT2D eigenvalue weighted by Gasteiger charge is -2.20. The molecule has 2 N–H and O–H groups in total. The first-order valence-electron chi connectivity index (χ1n) is 11.3. The molecule has 2 atom stereocenters. The molecule has 0 aliphatic carbocycles. The first-order valence-corrected chi connectivity index (χ1v) is 11.3. The highest BCUT2D eigenvalue weighted by molar-refractivity contribution is 4.60. The predicted octanol–water partition coefficient (Wildman–Crippen LogP) is 4.48. The number of rotatable bonds is 22. The van der Waals surface area contributed by atoms with E-state index >= 15 is 0 Å². The molecule has 0 aliphatic heterocycles. The second kappa shape index (κ2) is 22.1. The maximum Gasteiger partial charge on any atom is 0.104 e. The lowest BCUT2D eigenvalue weighted by atomic mass is 10.1. The second-order valence-electron chi connectivity index (χ2n) is 7.42. The maximum absolute atomic E-state index is 9.42. The third kappa shape index (κ3) is 18.9. The Morgan fingerprint density at radius 3 is 1.59 bits per heavy atom. The van der Waals surface area contributed by atoms with Gasteiger partial charge in [0.25, 0.3) is 0 Å². The van der Waals surface area contributed by atoms with E-state index < -0.39 is 0 Å². The molecule has 0 aliphatic rings. The van der Waals surface area contributed by atoms with E-state index in [4.69, 9.17) is 14.2 Å². The van der Waals surface area contributed by atoms with Crippen LogP contribution < -0.4 is 0 Å². The van der Waals surface area contributed by atoms with Crippen LogP contribution in [0.4, 0.5) is 0 Å². The van der Waals surface area contributed by atoms with Crippen molar-refractivity contribution in [3.8, 4) is 0 Å². The van der Waals surface area contributed by atoms with Gasteiger partial charge in [-0.1, -0.05) is 78.1 Å². The molecule has 0 saturated carbocycles. The molecule has 0 radical (unpaired) electrons. The van der Waals surface area contributed by atoms with Gasteiger partial charge in [0, 0.05) is 13.2 Å². The fourth-order valence-electron chi connectivity index (χ4n) is 2.88. The summed E-state index contributed by atoms with van der Waals surface area (Å²) in [6, 6.07) is 0. The molecule has 0 aromatic rings. The number of hydrogen-bond donors (Lipinski definition) is 2. The van der Waals surface area contributed by atoms with Crippen LogP contribution in [0.2, 0.25) is 0 Å². The van der Waals surface area contributed by atoms with Crippen LogP contribution in [0.15, 0.2) is 0 Å². The van der Waals surface area contributed by atoms with Gasteiger partial charge in [-0.05, 0) is 12.8 Å². The highest BCUT2D eigenvalue weighted by Crippen LogP contribution is 2.07. The second-order valence-corrected chi connectivity index (χ2v) is 7.42. The van der Waals surface area contributed by atoms with Crippen molar-refractivity contribution in [2.45, 2.75) is 103 Å². The Bertz CT molecular complexity index is 275. The zero-order valence-corrected chi connectivity index (χ0v) is 18.0. The average Bonchev–Trinajstić information content (AvgIpc) is 2.69. The molecular formula is C22H46O5. The average molecular weight is 391 g/mol. The van der Waals surface area contributed by atoms with Gasteiger partial charge >= 0.3 is 0 Å². The molecule has 0 saturated heterocycles. The van der Waals surface area contributed by atoms with Gasteiger partial charge in [-0.15, -0.1) is 0 Å². The molecule has 27 heavy (non-hydrogen) atoms. The predicted molar refractivity (Wildman–Crippen MR) is 111 cm³/mol. The molecule has 0 heterocycles. The normalized spacial score (nSPS) is 13.8. The standard InChI is InChI=1S/C22H46O5/c1-3-5-7-9-11-13-15-25-19-21(17-23)27-20-22(18-24)26-16-14-12-10-8-6-4-2/h21-24H,3-20H2,1-2H3/t21-,22-/m0/s1. The summed E-state index contributed by atoms with van der Waals surface area (Å²) in [6.07, 6.45) is 14.0. The van der Waals surface area contributed by atoms with Gasteiger partial charge in [-0.3, -0.25) is 0 Å². The van der Waals surface area contributed by atoms with E-state index in [2.05, 4.69) is 13.8 Å². The third-order valence-corrected chi connectivity index (χ3v) is 4.72. The molecule has 0 spiro atoms. The smallest absolute Gasteiger partial charge is 0.104 e. The van der Waals surface area contributed by atoms with Gasteiger partial charge in [0.2, 0.25) is 0 Å². The maximum atomic E-state index is 9.42. The Morgan fingerprint density at radius 1 is 0.556 bits per heavy atom. The van der Waals surface area contributed by atoms with Crippen molar-refractivity contribution >= 4 is 0 Å². The summed E-state index contributed by atoms with van der Waals surface area (Å²) in [4.78, 5) is 0. The first kappa shape index (κ1) is 26.8. The van der Waals surface area contributed by atoms with Crippen LogP contribution in [0, 0.1) is 0 Å². The van der Waals surface area contributed by atoms with E-state index in [-0.39, 0.29) is 32.0 Å². The van der Waals surface area contributed by atoms with Gasteiger partial charge in [-0.25, -0.2) is 0 Å². The lowest BCUT2D eigenvalue weighted by Crippen LogP contribution is -2.31.